The van der Waals surface area contributed by atoms with Crippen molar-refractivity contribution in [2.45, 2.75) is 71.1 Å². The highest BCUT2D eigenvalue weighted by atomic mass is 127. The van der Waals surface area contributed by atoms with Gasteiger partial charge in [0.15, 0.2) is 0 Å². The molecule has 0 bridgehead atoms. The molecule has 0 saturated carbocycles. The van der Waals surface area contributed by atoms with Gasteiger partial charge >= 0.3 is 0 Å². The second-order valence-electron chi connectivity index (χ2n) is 11.8. The number of halogens is 1. The third-order valence-corrected chi connectivity index (χ3v) is 8.04. The molecule has 0 radical (unpaired) electrons. The lowest BCUT2D eigenvalue weighted by molar-refractivity contribution is -0.0290. The molecule has 314 valence electrons. The molecular formula is C38H77IO13. The zero-order valence-corrected chi connectivity index (χ0v) is 35.0. The number of unbranched alkanes of at least 4 members (excludes halogenated alkanes) is 8. The monoisotopic (exact) mass is 868 g/mol. The fraction of sp³-hybridized carbons (Fsp3) is 1.00. The van der Waals surface area contributed by atoms with Crippen LogP contribution in [-0.4, -0.2) is 176 Å². The lowest BCUT2D eigenvalue weighted by Gasteiger charge is -2.09. The molecular weight excluding hydrogens is 791 g/mol. The average molecular weight is 869 g/mol. The number of ether oxygens (including phenoxy) is 13. The van der Waals surface area contributed by atoms with E-state index < -0.39 is 0 Å². The molecule has 0 aliphatic carbocycles. The SMILES string of the molecule is CCCCCCCCOCCOCCOCCOCCOCCOCCOCCOCCOCCOCCOCCOCCOCCCCCCI. The minimum Gasteiger partial charge on any atom is -0.379 e. The Morgan fingerprint density at radius 2 is 0.385 bits per heavy atom. The molecule has 0 spiro atoms. The van der Waals surface area contributed by atoms with Gasteiger partial charge in [0, 0.05) is 13.2 Å². The first-order valence-corrected chi connectivity index (χ1v) is 21.5. The van der Waals surface area contributed by atoms with Gasteiger partial charge in [-0.1, -0.05) is 74.5 Å². The standard InChI is InChI=1S/C38H77IO13/c1-2-3-4-5-7-10-13-40-15-17-42-19-21-44-23-25-46-27-29-48-31-33-50-35-37-52-38-36-51-34-32-49-30-28-47-26-24-45-22-20-43-18-16-41-14-11-8-6-9-12-39/h2-38H2,1H3. The van der Waals surface area contributed by atoms with Crippen molar-refractivity contribution in [2.24, 2.45) is 0 Å². The molecule has 52 heavy (non-hydrogen) atoms. The van der Waals surface area contributed by atoms with Crippen molar-refractivity contribution < 1.29 is 61.6 Å². The summed E-state index contributed by atoms with van der Waals surface area (Å²) in [4.78, 5) is 0. The zero-order chi connectivity index (χ0) is 37.4. The third kappa shape index (κ3) is 50.2. The Kier molecular flexibility index (Phi) is 51.4. The Bertz CT molecular complexity index is 563. The smallest absolute Gasteiger partial charge is 0.0701 e. The van der Waals surface area contributed by atoms with Crippen LogP contribution in [0.5, 0.6) is 0 Å². The van der Waals surface area contributed by atoms with Crippen LogP contribution in [0.2, 0.25) is 0 Å². The third-order valence-electron chi connectivity index (χ3n) is 7.28. The lowest BCUT2D eigenvalue weighted by Crippen LogP contribution is -2.15. The topological polar surface area (TPSA) is 120 Å². The maximum Gasteiger partial charge on any atom is 0.0701 e. The zero-order valence-electron chi connectivity index (χ0n) is 32.8. The molecule has 0 aliphatic rings. The molecule has 0 unspecified atom stereocenters. The normalized spacial score (nSPS) is 11.7. The summed E-state index contributed by atoms with van der Waals surface area (Å²) in [6.45, 7) is 17.1. The number of hydrogen-bond donors (Lipinski definition) is 0. The highest BCUT2D eigenvalue weighted by Crippen LogP contribution is 2.05. The summed E-state index contributed by atoms with van der Waals surface area (Å²) in [7, 11) is 0. The van der Waals surface area contributed by atoms with Gasteiger partial charge in [-0.25, -0.2) is 0 Å². The van der Waals surface area contributed by atoms with Crippen molar-refractivity contribution in [1.82, 2.24) is 0 Å². The van der Waals surface area contributed by atoms with E-state index in [1.807, 2.05) is 0 Å². The lowest BCUT2D eigenvalue weighted by atomic mass is 10.1. The minimum absolute atomic E-state index is 0.517. The Morgan fingerprint density at radius 1 is 0.212 bits per heavy atom. The Labute approximate surface area is 330 Å². The van der Waals surface area contributed by atoms with E-state index >= 15 is 0 Å². The summed E-state index contributed by atoms with van der Waals surface area (Å²) in [6, 6.07) is 0. The van der Waals surface area contributed by atoms with Gasteiger partial charge in [-0.3, -0.25) is 0 Å². The van der Waals surface area contributed by atoms with Crippen LogP contribution in [0.4, 0.5) is 0 Å². The highest BCUT2D eigenvalue weighted by molar-refractivity contribution is 14.1. The van der Waals surface area contributed by atoms with Gasteiger partial charge in [0.2, 0.25) is 0 Å². The maximum absolute atomic E-state index is 5.59. The van der Waals surface area contributed by atoms with E-state index in [0.29, 0.717) is 159 Å². The second-order valence-corrected chi connectivity index (χ2v) is 12.9. The Hall–Kier alpha value is 0.210. The quantitative estimate of drug-likeness (QED) is 0.0432. The molecule has 0 amide bonds. The van der Waals surface area contributed by atoms with E-state index in [-0.39, 0.29) is 0 Å². The van der Waals surface area contributed by atoms with E-state index in [9.17, 15) is 0 Å². The van der Waals surface area contributed by atoms with E-state index in [2.05, 4.69) is 29.5 Å². The van der Waals surface area contributed by atoms with Crippen LogP contribution < -0.4 is 0 Å². The van der Waals surface area contributed by atoms with Gasteiger partial charge in [0.25, 0.3) is 0 Å². The average Bonchev–Trinajstić information content (AvgIpc) is 3.16. The molecule has 0 rings (SSSR count). The van der Waals surface area contributed by atoms with Crippen LogP contribution in [0.3, 0.4) is 0 Å². The summed E-state index contributed by atoms with van der Waals surface area (Å²) in [5.74, 6) is 0. The van der Waals surface area contributed by atoms with Crippen molar-refractivity contribution >= 4 is 22.6 Å². The number of rotatable bonds is 49. The van der Waals surface area contributed by atoms with Crippen LogP contribution in [0.1, 0.15) is 71.1 Å². The van der Waals surface area contributed by atoms with E-state index in [1.54, 1.807) is 0 Å². The molecule has 0 atom stereocenters. The molecule has 0 aliphatic heterocycles. The van der Waals surface area contributed by atoms with Crippen molar-refractivity contribution in [3.63, 3.8) is 0 Å². The van der Waals surface area contributed by atoms with E-state index in [4.69, 9.17) is 61.6 Å². The van der Waals surface area contributed by atoms with Gasteiger partial charge in [0.1, 0.15) is 0 Å². The van der Waals surface area contributed by atoms with E-state index in [0.717, 1.165) is 26.1 Å². The largest absolute Gasteiger partial charge is 0.379 e. The van der Waals surface area contributed by atoms with Gasteiger partial charge in [-0.2, -0.15) is 0 Å². The summed E-state index contributed by atoms with van der Waals surface area (Å²) in [6.07, 6.45) is 12.7. The molecule has 0 aromatic carbocycles. The van der Waals surface area contributed by atoms with Gasteiger partial charge in [-0.05, 0) is 23.7 Å². The molecule has 0 aromatic heterocycles. The van der Waals surface area contributed by atoms with Crippen molar-refractivity contribution in [3.05, 3.63) is 0 Å². The van der Waals surface area contributed by atoms with Gasteiger partial charge in [0.05, 0.1) is 159 Å². The second kappa shape index (κ2) is 51.2. The fourth-order valence-electron chi connectivity index (χ4n) is 4.38. The first kappa shape index (κ1) is 52.2. The predicted molar refractivity (Wildman–Crippen MR) is 211 cm³/mol. The van der Waals surface area contributed by atoms with Crippen LogP contribution >= 0.6 is 22.6 Å². The molecule has 0 N–H and O–H groups in total. The molecule has 14 heteroatoms. The number of alkyl halides is 1. The summed E-state index contributed by atoms with van der Waals surface area (Å²) < 4.78 is 73.0. The first-order chi connectivity index (χ1) is 25.9. The molecule has 0 fully saturated rings. The highest BCUT2D eigenvalue weighted by Gasteiger charge is 1.98. The van der Waals surface area contributed by atoms with E-state index in [1.165, 1.54) is 55.8 Å². The Balaban J connectivity index is 3.04. The molecule has 0 saturated heterocycles. The van der Waals surface area contributed by atoms with Crippen molar-refractivity contribution in [2.75, 3.05) is 176 Å². The maximum atomic E-state index is 5.59. The fourth-order valence-corrected chi connectivity index (χ4v) is 4.92. The summed E-state index contributed by atoms with van der Waals surface area (Å²) in [5.41, 5.74) is 0. The minimum atomic E-state index is 0.517. The molecule has 0 aromatic rings. The van der Waals surface area contributed by atoms with Crippen LogP contribution in [0, 0.1) is 0 Å². The number of hydrogen-bond acceptors (Lipinski definition) is 13. The van der Waals surface area contributed by atoms with Crippen molar-refractivity contribution in [3.8, 4) is 0 Å². The first-order valence-electron chi connectivity index (χ1n) is 20.0. The van der Waals surface area contributed by atoms with Crippen LogP contribution in [-0.2, 0) is 61.6 Å². The van der Waals surface area contributed by atoms with Crippen molar-refractivity contribution in [1.29, 1.82) is 0 Å². The Morgan fingerprint density at radius 3 is 0.596 bits per heavy atom. The van der Waals surface area contributed by atoms with Gasteiger partial charge < -0.3 is 61.6 Å². The van der Waals surface area contributed by atoms with Crippen LogP contribution in [0.15, 0.2) is 0 Å². The molecule has 0 heterocycles. The summed E-state index contributed by atoms with van der Waals surface area (Å²) >= 11 is 2.42. The summed E-state index contributed by atoms with van der Waals surface area (Å²) in [5, 5.41) is 0. The predicted octanol–water partition coefficient (Wildman–Crippen LogP) is 5.56. The molecule has 13 nitrogen and oxygen atoms in total. The van der Waals surface area contributed by atoms with Gasteiger partial charge in [-0.15, -0.1) is 0 Å². The van der Waals surface area contributed by atoms with Crippen LogP contribution in [0.25, 0.3) is 0 Å².